The first kappa shape index (κ1) is 19.2. The molecule has 158 valence electrons. The van der Waals surface area contributed by atoms with Crippen LogP contribution in [-0.2, 0) is 16.6 Å². The highest BCUT2D eigenvalue weighted by atomic mass is 19.4. The number of phenols is 1. The largest absolute Gasteiger partial charge is 0.508 e. The van der Waals surface area contributed by atoms with Crippen molar-refractivity contribution in [3.8, 4) is 5.75 Å². The monoisotopic (exact) mass is 408 g/mol. The number of benzene rings is 1. The standard InChI is InChI=1S/C22H27F3N2O2/c1-12-11-20-6-5-16(26-2)18(12)21(20)7-8-27(19(29)22(23,24)25)17(20)9-13-3-4-14(28)10-15(13)21/h3-4,10,12,16-18,26,28H,5-9,11H2,1-2H3/t12-,16?,17?,18?,20?,21?/m0/s1. The zero-order chi connectivity index (χ0) is 20.8. The van der Waals surface area contributed by atoms with Crippen LogP contribution in [0.1, 0.15) is 43.7 Å². The zero-order valence-corrected chi connectivity index (χ0v) is 16.7. The second-order valence-corrected chi connectivity index (χ2v) is 9.58. The molecule has 4 nitrogen and oxygen atoms in total. The third-order valence-electron chi connectivity index (χ3n) is 8.71. The molecule has 2 saturated carbocycles. The van der Waals surface area contributed by atoms with Crippen molar-refractivity contribution in [2.24, 2.45) is 17.3 Å². The molecular weight excluding hydrogens is 381 g/mol. The summed E-state index contributed by atoms with van der Waals surface area (Å²) in [6.45, 7) is 2.34. The van der Waals surface area contributed by atoms with Gasteiger partial charge in [-0.3, -0.25) is 4.79 Å². The molecule has 0 spiro atoms. The summed E-state index contributed by atoms with van der Waals surface area (Å²) in [5, 5.41) is 13.7. The van der Waals surface area contributed by atoms with E-state index >= 15 is 0 Å². The molecule has 5 rings (SSSR count). The number of halogens is 3. The maximum Gasteiger partial charge on any atom is 0.471 e. The third kappa shape index (κ3) is 2.23. The van der Waals surface area contributed by atoms with Crippen molar-refractivity contribution in [1.29, 1.82) is 0 Å². The van der Waals surface area contributed by atoms with Crippen molar-refractivity contribution in [3.05, 3.63) is 29.3 Å². The Hall–Kier alpha value is -1.76. The minimum absolute atomic E-state index is 0.125. The van der Waals surface area contributed by atoms with E-state index in [0.29, 0.717) is 24.8 Å². The molecule has 1 heterocycles. The van der Waals surface area contributed by atoms with Gasteiger partial charge in [-0.2, -0.15) is 13.2 Å². The highest BCUT2D eigenvalue weighted by Crippen LogP contribution is 2.73. The van der Waals surface area contributed by atoms with Crippen LogP contribution in [-0.4, -0.2) is 47.8 Å². The quantitative estimate of drug-likeness (QED) is 0.749. The van der Waals surface area contributed by atoms with E-state index < -0.39 is 18.1 Å². The second kappa shape index (κ2) is 5.90. The molecule has 1 aromatic carbocycles. The third-order valence-corrected chi connectivity index (χ3v) is 8.71. The van der Waals surface area contributed by atoms with E-state index in [1.165, 1.54) is 0 Å². The van der Waals surface area contributed by atoms with E-state index in [0.717, 1.165) is 35.3 Å². The normalized spacial score (nSPS) is 40.4. The Labute approximate surface area is 168 Å². The van der Waals surface area contributed by atoms with Crippen LogP contribution in [0.3, 0.4) is 0 Å². The van der Waals surface area contributed by atoms with Crippen LogP contribution in [0.5, 0.6) is 5.75 Å². The van der Waals surface area contributed by atoms with E-state index in [-0.39, 0.29) is 29.0 Å². The number of amides is 1. The van der Waals surface area contributed by atoms with Crippen LogP contribution in [0.4, 0.5) is 13.2 Å². The predicted molar refractivity (Wildman–Crippen MR) is 101 cm³/mol. The van der Waals surface area contributed by atoms with E-state index in [4.69, 9.17) is 0 Å². The minimum atomic E-state index is -4.85. The summed E-state index contributed by atoms with van der Waals surface area (Å²) >= 11 is 0. The average Bonchev–Trinajstić information content (AvgIpc) is 2.84. The van der Waals surface area contributed by atoms with Crippen LogP contribution in [0, 0.1) is 17.3 Å². The molecule has 4 bridgehead atoms. The fraction of sp³-hybridized carbons (Fsp3) is 0.682. The number of phenolic OH excluding ortho intramolecular Hbond substituents is 1. The summed E-state index contributed by atoms with van der Waals surface area (Å²) in [4.78, 5) is 13.5. The van der Waals surface area contributed by atoms with Crippen molar-refractivity contribution in [2.75, 3.05) is 13.6 Å². The lowest BCUT2D eigenvalue weighted by Crippen LogP contribution is -2.71. The lowest BCUT2D eigenvalue weighted by molar-refractivity contribution is -0.199. The number of fused-ring (bicyclic) bond motifs is 1. The van der Waals surface area contributed by atoms with E-state index in [2.05, 4.69) is 12.2 Å². The summed E-state index contributed by atoms with van der Waals surface area (Å²) in [7, 11) is 1.96. The maximum absolute atomic E-state index is 13.4. The van der Waals surface area contributed by atoms with E-state index in [9.17, 15) is 23.1 Å². The summed E-state index contributed by atoms with van der Waals surface area (Å²) in [6, 6.07) is 5.17. The van der Waals surface area contributed by atoms with Gasteiger partial charge < -0.3 is 15.3 Å². The summed E-state index contributed by atoms with van der Waals surface area (Å²) < 4.78 is 40.3. The minimum Gasteiger partial charge on any atom is -0.508 e. The number of aromatic hydroxyl groups is 1. The van der Waals surface area contributed by atoms with Gasteiger partial charge in [-0.05, 0) is 74.2 Å². The fourth-order valence-corrected chi connectivity index (χ4v) is 8.11. The highest BCUT2D eigenvalue weighted by Gasteiger charge is 2.74. The lowest BCUT2D eigenvalue weighted by Gasteiger charge is -2.66. The van der Waals surface area contributed by atoms with Crippen LogP contribution in [0.25, 0.3) is 0 Å². The Morgan fingerprint density at radius 3 is 2.76 bits per heavy atom. The van der Waals surface area contributed by atoms with Crippen molar-refractivity contribution in [2.45, 2.75) is 62.7 Å². The van der Waals surface area contributed by atoms with Gasteiger partial charge in [-0.25, -0.2) is 0 Å². The van der Waals surface area contributed by atoms with Crippen LogP contribution in [0.15, 0.2) is 18.2 Å². The number of piperidine rings is 1. The molecule has 0 aromatic heterocycles. The Balaban J connectivity index is 1.74. The number of nitrogens with one attached hydrogen (secondary N) is 1. The van der Waals surface area contributed by atoms with Gasteiger partial charge in [0, 0.05) is 29.5 Å². The lowest BCUT2D eigenvalue weighted by atomic mass is 9.43. The molecule has 0 radical (unpaired) electrons. The molecule has 2 N–H and O–H groups in total. The van der Waals surface area contributed by atoms with Crippen molar-refractivity contribution in [3.63, 3.8) is 0 Å². The smallest absolute Gasteiger partial charge is 0.471 e. The molecule has 1 aliphatic heterocycles. The van der Waals surface area contributed by atoms with Crippen molar-refractivity contribution < 1.29 is 23.1 Å². The van der Waals surface area contributed by atoms with Gasteiger partial charge >= 0.3 is 12.1 Å². The molecule has 5 unspecified atom stereocenters. The van der Waals surface area contributed by atoms with Gasteiger partial charge in [0.15, 0.2) is 0 Å². The Morgan fingerprint density at radius 1 is 1.31 bits per heavy atom. The highest BCUT2D eigenvalue weighted by molar-refractivity contribution is 5.82. The first-order valence-electron chi connectivity index (χ1n) is 10.5. The topological polar surface area (TPSA) is 52.6 Å². The van der Waals surface area contributed by atoms with Crippen LogP contribution >= 0.6 is 0 Å². The molecule has 29 heavy (non-hydrogen) atoms. The molecular formula is C22H27F3N2O2. The number of rotatable bonds is 1. The number of hydrogen-bond donors (Lipinski definition) is 2. The Bertz CT molecular complexity index is 872. The number of nitrogens with zero attached hydrogens (tertiary/aromatic N) is 1. The van der Waals surface area contributed by atoms with Crippen molar-refractivity contribution >= 4 is 5.91 Å². The molecule has 1 amide bonds. The SMILES string of the molecule is CNC1CCC23C[C@H](C)C1C21CCN(C(=O)C(F)(F)F)C3Cc2ccc(O)cc21. The Morgan fingerprint density at radius 2 is 2.07 bits per heavy atom. The number of carbonyl (C=O) groups is 1. The molecule has 3 fully saturated rings. The van der Waals surface area contributed by atoms with Gasteiger partial charge in [0.1, 0.15) is 5.75 Å². The van der Waals surface area contributed by atoms with Gasteiger partial charge in [0.25, 0.3) is 0 Å². The molecule has 4 aliphatic rings. The fourth-order valence-electron chi connectivity index (χ4n) is 8.11. The van der Waals surface area contributed by atoms with Gasteiger partial charge in [0.2, 0.25) is 0 Å². The number of alkyl halides is 3. The first-order chi connectivity index (χ1) is 13.7. The predicted octanol–water partition coefficient (Wildman–Crippen LogP) is 3.37. The van der Waals surface area contributed by atoms with Gasteiger partial charge in [-0.15, -0.1) is 0 Å². The summed E-state index contributed by atoms with van der Waals surface area (Å²) in [5.74, 6) is -0.863. The second-order valence-electron chi connectivity index (χ2n) is 9.58. The zero-order valence-electron chi connectivity index (χ0n) is 16.7. The average molecular weight is 408 g/mol. The molecule has 3 aliphatic carbocycles. The number of likely N-dealkylation sites (tertiary alicyclic amines) is 1. The number of carbonyl (C=O) groups excluding carboxylic acids is 1. The van der Waals surface area contributed by atoms with Crippen molar-refractivity contribution in [1.82, 2.24) is 10.2 Å². The van der Waals surface area contributed by atoms with Gasteiger partial charge in [0.05, 0.1) is 0 Å². The van der Waals surface area contributed by atoms with Crippen LogP contribution < -0.4 is 5.32 Å². The molecule has 1 saturated heterocycles. The van der Waals surface area contributed by atoms with E-state index in [1.807, 2.05) is 19.2 Å². The number of hydrogen-bond acceptors (Lipinski definition) is 3. The summed E-state index contributed by atoms with van der Waals surface area (Å²) in [5.41, 5.74) is 1.45. The summed E-state index contributed by atoms with van der Waals surface area (Å²) in [6.07, 6.45) is -1.35. The molecule has 7 heteroatoms. The van der Waals surface area contributed by atoms with Crippen LogP contribution in [0.2, 0.25) is 0 Å². The molecule has 6 atom stereocenters. The van der Waals surface area contributed by atoms with Gasteiger partial charge in [-0.1, -0.05) is 13.0 Å². The maximum atomic E-state index is 13.4. The van der Waals surface area contributed by atoms with E-state index in [1.54, 1.807) is 6.07 Å². The Kier molecular flexibility index (Phi) is 3.91. The first-order valence-corrected chi connectivity index (χ1v) is 10.5. The molecule has 1 aromatic rings.